The van der Waals surface area contributed by atoms with E-state index in [1.807, 2.05) is 4.90 Å². The number of hydrogen-bond donors (Lipinski definition) is 2. The maximum absolute atomic E-state index is 7.27. The highest BCUT2D eigenvalue weighted by Gasteiger charge is 2.29. The molecular formula is C8H17N3O. The van der Waals surface area contributed by atoms with E-state index < -0.39 is 0 Å². The van der Waals surface area contributed by atoms with Crippen LogP contribution in [0.2, 0.25) is 0 Å². The normalized spacial score (nSPS) is 29.3. The molecule has 3 N–H and O–H groups in total. The van der Waals surface area contributed by atoms with Gasteiger partial charge in [-0.25, -0.2) is 0 Å². The number of rotatable bonds is 2. The predicted molar refractivity (Wildman–Crippen MR) is 48.0 cm³/mol. The molecule has 1 heterocycles. The molecule has 1 saturated heterocycles. The summed E-state index contributed by atoms with van der Waals surface area (Å²) in [5, 5.41) is 7.27. The van der Waals surface area contributed by atoms with Crippen molar-refractivity contribution >= 4 is 5.96 Å². The van der Waals surface area contributed by atoms with Crippen molar-refractivity contribution in [2.45, 2.75) is 6.92 Å². The number of nitrogens with zero attached hydrogens (tertiary/aromatic N) is 1. The first-order valence-electron chi connectivity index (χ1n) is 4.23. The van der Waals surface area contributed by atoms with E-state index in [1.54, 1.807) is 7.11 Å². The zero-order valence-corrected chi connectivity index (χ0v) is 7.71. The van der Waals surface area contributed by atoms with E-state index >= 15 is 0 Å². The minimum Gasteiger partial charge on any atom is -0.384 e. The third kappa shape index (κ3) is 1.88. The number of methoxy groups -OCH3 is 1. The molecule has 0 bridgehead atoms. The third-order valence-corrected chi connectivity index (χ3v) is 2.49. The molecule has 1 aliphatic rings. The maximum Gasteiger partial charge on any atom is 0.188 e. The van der Waals surface area contributed by atoms with E-state index in [-0.39, 0.29) is 5.96 Å². The lowest BCUT2D eigenvalue weighted by Crippen LogP contribution is -2.34. The SMILES string of the molecule is COC[C@H]1CN(C(=N)N)C[C@H]1C. The Morgan fingerprint density at radius 2 is 2.33 bits per heavy atom. The van der Waals surface area contributed by atoms with Crippen molar-refractivity contribution in [3.63, 3.8) is 0 Å². The van der Waals surface area contributed by atoms with Crippen molar-refractivity contribution in [2.75, 3.05) is 26.8 Å². The minimum atomic E-state index is 0.181. The highest BCUT2D eigenvalue weighted by atomic mass is 16.5. The molecule has 12 heavy (non-hydrogen) atoms. The molecule has 0 saturated carbocycles. The number of likely N-dealkylation sites (tertiary alicyclic amines) is 1. The molecule has 1 fully saturated rings. The van der Waals surface area contributed by atoms with Gasteiger partial charge in [0.05, 0.1) is 6.61 Å². The van der Waals surface area contributed by atoms with Crippen LogP contribution in [0.15, 0.2) is 0 Å². The van der Waals surface area contributed by atoms with Crippen LogP contribution in [0.3, 0.4) is 0 Å². The van der Waals surface area contributed by atoms with Crippen molar-refractivity contribution in [3.8, 4) is 0 Å². The Kier molecular flexibility index (Phi) is 2.92. The van der Waals surface area contributed by atoms with E-state index in [2.05, 4.69) is 6.92 Å². The van der Waals surface area contributed by atoms with Crippen molar-refractivity contribution in [3.05, 3.63) is 0 Å². The number of hydrogen-bond acceptors (Lipinski definition) is 2. The molecule has 70 valence electrons. The molecule has 0 aromatic carbocycles. The molecule has 0 unspecified atom stereocenters. The van der Waals surface area contributed by atoms with Gasteiger partial charge in [0.1, 0.15) is 0 Å². The van der Waals surface area contributed by atoms with Gasteiger partial charge in [-0.05, 0) is 5.92 Å². The average Bonchev–Trinajstić information content (AvgIpc) is 2.34. The third-order valence-electron chi connectivity index (χ3n) is 2.49. The molecule has 4 nitrogen and oxygen atoms in total. The summed E-state index contributed by atoms with van der Waals surface area (Å²) < 4.78 is 5.09. The molecule has 0 aliphatic carbocycles. The Hall–Kier alpha value is -0.770. The summed E-state index contributed by atoms with van der Waals surface area (Å²) in [6, 6.07) is 0. The summed E-state index contributed by atoms with van der Waals surface area (Å²) in [5.41, 5.74) is 5.39. The lowest BCUT2D eigenvalue weighted by atomic mass is 10.00. The van der Waals surface area contributed by atoms with Gasteiger partial charge in [-0.3, -0.25) is 5.41 Å². The second-order valence-corrected chi connectivity index (χ2v) is 3.48. The molecule has 0 amide bonds. The van der Waals surface area contributed by atoms with Gasteiger partial charge in [0, 0.05) is 26.1 Å². The van der Waals surface area contributed by atoms with Crippen molar-refractivity contribution in [1.29, 1.82) is 5.41 Å². The summed E-state index contributed by atoms with van der Waals surface area (Å²) in [7, 11) is 1.71. The molecule has 0 radical (unpaired) electrons. The van der Waals surface area contributed by atoms with Gasteiger partial charge in [0.2, 0.25) is 0 Å². The second-order valence-electron chi connectivity index (χ2n) is 3.48. The van der Waals surface area contributed by atoms with Gasteiger partial charge in [0.15, 0.2) is 5.96 Å². The smallest absolute Gasteiger partial charge is 0.188 e. The Morgan fingerprint density at radius 3 is 2.75 bits per heavy atom. The van der Waals surface area contributed by atoms with Crippen LogP contribution in [0, 0.1) is 17.2 Å². The molecular weight excluding hydrogens is 154 g/mol. The molecule has 0 spiro atoms. The van der Waals surface area contributed by atoms with Gasteiger partial charge < -0.3 is 15.4 Å². The zero-order valence-electron chi connectivity index (χ0n) is 7.71. The van der Waals surface area contributed by atoms with E-state index in [0.717, 1.165) is 19.7 Å². The van der Waals surface area contributed by atoms with Crippen molar-refractivity contribution in [2.24, 2.45) is 17.6 Å². The van der Waals surface area contributed by atoms with Crippen LogP contribution < -0.4 is 5.73 Å². The van der Waals surface area contributed by atoms with Gasteiger partial charge >= 0.3 is 0 Å². The highest BCUT2D eigenvalue weighted by Crippen LogP contribution is 2.22. The van der Waals surface area contributed by atoms with Gasteiger partial charge in [0.25, 0.3) is 0 Å². The summed E-state index contributed by atoms with van der Waals surface area (Å²) >= 11 is 0. The molecule has 0 aromatic heterocycles. The summed E-state index contributed by atoms with van der Waals surface area (Å²) in [6.45, 7) is 4.70. The van der Waals surface area contributed by atoms with Crippen LogP contribution in [0.4, 0.5) is 0 Å². The van der Waals surface area contributed by atoms with E-state index in [1.165, 1.54) is 0 Å². The number of ether oxygens (including phenoxy) is 1. The van der Waals surface area contributed by atoms with Gasteiger partial charge in [-0.2, -0.15) is 0 Å². The topological polar surface area (TPSA) is 62.3 Å². The molecule has 0 aromatic rings. The molecule has 2 atom stereocenters. The Morgan fingerprint density at radius 1 is 1.67 bits per heavy atom. The van der Waals surface area contributed by atoms with Crippen molar-refractivity contribution < 1.29 is 4.74 Å². The van der Waals surface area contributed by atoms with Crippen LogP contribution >= 0.6 is 0 Å². The van der Waals surface area contributed by atoms with Gasteiger partial charge in [-0.15, -0.1) is 0 Å². The maximum atomic E-state index is 7.27. The van der Waals surface area contributed by atoms with E-state index in [9.17, 15) is 0 Å². The molecule has 4 heteroatoms. The lowest BCUT2D eigenvalue weighted by Gasteiger charge is -2.14. The Bertz CT molecular complexity index is 172. The summed E-state index contributed by atoms with van der Waals surface area (Å²) in [5.74, 6) is 1.29. The van der Waals surface area contributed by atoms with Crippen LogP contribution in [-0.4, -0.2) is 37.7 Å². The number of nitrogens with one attached hydrogen (secondary N) is 1. The minimum absolute atomic E-state index is 0.181. The highest BCUT2D eigenvalue weighted by molar-refractivity contribution is 5.74. The first kappa shape index (κ1) is 9.32. The first-order chi connectivity index (χ1) is 5.65. The Labute approximate surface area is 73.2 Å². The Balaban J connectivity index is 2.44. The number of guanidine groups is 1. The fraction of sp³-hybridized carbons (Fsp3) is 0.875. The monoisotopic (exact) mass is 171 g/mol. The fourth-order valence-corrected chi connectivity index (χ4v) is 1.66. The van der Waals surface area contributed by atoms with E-state index in [0.29, 0.717) is 11.8 Å². The van der Waals surface area contributed by atoms with Crippen LogP contribution in [0.25, 0.3) is 0 Å². The predicted octanol–water partition coefficient (Wildman–Crippen LogP) is 0.0942. The van der Waals surface area contributed by atoms with Crippen molar-refractivity contribution in [1.82, 2.24) is 4.90 Å². The number of nitrogens with two attached hydrogens (primary N) is 1. The van der Waals surface area contributed by atoms with Crippen LogP contribution in [0.1, 0.15) is 6.92 Å². The largest absolute Gasteiger partial charge is 0.384 e. The van der Waals surface area contributed by atoms with Crippen LogP contribution in [0.5, 0.6) is 0 Å². The fourth-order valence-electron chi connectivity index (χ4n) is 1.66. The van der Waals surface area contributed by atoms with E-state index in [4.69, 9.17) is 15.9 Å². The molecule has 1 aliphatic heterocycles. The second kappa shape index (κ2) is 3.76. The summed E-state index contributed by atoms with van der Waals surface area (Å²) in [4.78, 5) is 1.90. The lowest BCUT2D eigenvalue weighted by molar-refractivity contribution is 0.142. The van der Waals surface area contributed by atoms with Gasteiger partial charge in [-0.1, -0.05) is 6.92 Å². The average molecular weight is 171 g/mol. The standard InChI is InChI=1S/C8H17N3O/c1-6-3-11(8(9)10)4-7(6)5-12-2/h6-7H,3-5H2,1-2H3,(H3,9,10)/t6-,7-/m1/s1. The molecule has 1 rings (SSSR count). The summed E-state index contributed by atoms with van der Waals surface area (Å²) in [6.07, 6.45) is 0. The van der Waals surface area contributed by atoms with Crippen LogP contribution in [-0.2, 0) is 4.74 Å². The quantitative estimate of drug-likeness (QED) is 0.457. The first-order valence-corrected chi connectivity index (χ1v) is 4.23. The zero-order chi connectivity index (χ0) is 9.14.